The minimum absolute atomic E-state index is 0.0317. The van der Waals surface area contributed by atoms with Crippen LogP contribution in [0.2, 0.25) is 0 Å². The van der Waals surface area contributed by atoms with Crippen LogP contribution >= 0.6 is 0 Å². The van der Waals surface area contributed by atoms with Gasteiger partial charge in [0.1, 0.15) is 5.82 Å². The van der Waals surface area contributed by atoms with Crippen LogP contribution in [0, 0.1) is 6.92 Å². The van der Waals surface area contributed by atoms with E-state index in [1.54, 1.807) is 13.0 Å². The number of alkyl halides is 3. The number of hydrogen-bond acceptors (Lipinski definition) is 7. The van der Waals surface area contributed by atoms with E-state index in [0.717, 1.165) is 0 Å². The fraction of sp³-hybridized carbons (Fsp3) is 0.417. The van der Waals surface area contributed by atoms with E-state index in [0.29, 0.717) is 41.4 Å². The molecule has 3 aromatic rings. The zero-order chi connectivity index (χ0) is 16.4. The first-order valence-corrected chi connectivity index (χ1v) is 6.76. The lowest BCUT2D eigenvalue weighted by atomic mass is 10.3. The summed E-state index contributed by atoms with van der Waals surface area (Å²) >= 11 is 0. The normalized spacial score (nSPS) is 12.0. The molecule has 122 valence electrons. The van der Waals surface area contributed by atoms with Crippen LogP contribution in [0.25, 0.3) is 5.65 Å². The van der Waals surface area contributed by atoms with Gasteiger partial charge in [0, 0.05) is 13.0 Å². The second-order valence-electron chi connectivity index (χ2n) is 4.78. The Morgan fingerprint density at radius 1 is 1.26 bits per heavy atom. The minimum Gasteiger partial charge on any atom is -0.369 e. The predicted octanol–water partition coefficient (Wildman–Crippen LogP) is 1.88. The summed E-state index contributed by atoms with van der Waals surface area (Å²) in [5.41, 5.74) is 0.0317. The number of hydrogen-bond donors (Lipinski definition) is 1. The van der Waals surface area contributed by atoms with Gasteiger partial charge in [0.2, 0.25) is 5.89 Å². The minimum atomic E-state index is -4.61. The van der Waals surface area contributed by atoms with E-state index in [1.165, 1.54) is 6.07 Å². The second kappa shape index (κ2) is 5.82. The Labute approximate surface area is 127 Å². The number of rotatable bonds is 5. The van der Waals surface area contributed by atoms with Crippen molar-refractivity contribution >= 4 is 11.5 Å². The van der Waals surface area contributed by atoms with E-state index in [9.17, 15) is 13.2 Å². The monoisotopic (exact) mass is 327 g/mol. The van der Waals surface area contributed by atoms with Crippen molar-refractivity contribution in [3.8, 4) is 0 Å². The van der Waals surface area contributed by atoms with Gasteiger partial charge in [0.05, 0.1) is 0 Å². The van der Waals surface area contributed by atoms with Crippen LogP contribution in [0.1, 0.15) is 24.0 Å². The smallest absolute Gasteiger partial charge is 0.369 e. The molecule has 3 rings (SSSR count). The zero-order valence-electron chi connectivity index (χ0n) is 12.0. The van der Waals surface area contributed by atoms with Gasteiger partial charge in [0.25, 0.3) is 5.82 Å². The SMILES string of the molecule is Cc1noc(CCCNc2ccc3nnc(C(F)(F)F)n3n2)n1. The molecule has 1 N–H and O–H groups in total. The lowest BCUT2D eigenvalue weighted by Crippen LogP contribution is -2.14. The predicted molar refractivity (Wildman–Crippen MR) is 71.6 cm³/mol. The van der Waals surface area contributed by atoms with E-state index in [1.807, 2.05) is 0 Å². The van der Waals surface area contributed by atoms with E-state index >= 15 is 0 Å². The van der Waals surface area contributed by atoms with Crippen molar-refractivity contribution in [3.05, 3.63) is 29.7 Å². The van der Waals surface area contributed by atoms with Gasteiger partial charge < -0.3 is 9.84 Å². The summed E-state index contributed by atoms with van der Waals surface area (Å²) in [6.07, 6.45) is -3.38. The Morgan fingerprint density at radius 2 is 2.09 bits per heavy atom. The summed E-state index contributed by atoms with van der Waals surface area (Å²) in [7, 11) is 0. The Morgan fingerprint density at radius 3 is 2.78 bits per heavy atom. The maximum atomic E-state index is 12.8. The molecule has 0 aliphatic rings. The molecule has 0 fully saturated rings. The van der Waals surface area contributed by atoms with Gasteiger partial charge in [-0.25, -0.2) is 0 Å². The number of nitrogens with zero attached hydrogens (tertiary/aromatic N) is 6. The third-order valence-corrected chi connectivity index (χ3v) is 2.96. The first-order valence-electron chi connectivity index (χ1n) is 6.76. The molecule has 0 saturated carbocycles. The molecule has 0 aromatic carbocycles. The van der Waals surface area contributed by atoms with E-state index < -0.39 is 12.0 Å². The summed E-state index contributed by atoms with van der Waals surface area (Å²) in [6, 6.07) is 2.96. The molecule has 23 heavy (non-hydrogen) atoms. The average Bonchev–Trinajstić information content (AvgIpc) is 3.08. The third-order valence-electron chi connectivity index (χ3n) is 2.96. The van der Waals surface area contributed by atoms with Crippen LogP contribution in [0.3, 0.4) is 0 Å². The van der Waals surface area contributed by atoms with Gasteiger partial charge >= 0.3 is 6.18 Å². The lowest BCUT2D eigenvalue weighted by Gasteiger charge is -2.06. The fourth-order valence-corrected chi connectivity index (χ4v) is 1.96. The van der Waals surface area contributed by atoms with Crippen LogP contribution in [0.15, 0.2) is 16.7 Å². The van der Waals surface area contributed by atoms with E-state index in [-0.39, 0.29) is 5.65 Å². The molecule has 3 aromatic heterocycles. The van der Waals surface area contributed by atoms with Gasteiger partial charge in [-0.3, -0.25) is 0 Å². The van der Waals surface area contributed by atoms with Gasteiger partial charge in [0.15, 0.2) is 11.5 Å². The van der Waals surface area contributed by atoms with Crippen molar-refractivity contribution < 1.29 is 17.7 Å². The Balaban J connectivity index is 1.64. The third kappa shape index (κ3) is 3.38. The molecule has 0 spiro atoms. The van der Waals surface area contributed by atoms with Gasteiger partial charge in [-0.05, 0) is 25.5 Å². The number of anilines is 1. The quantitative estimate of drug-likeness (QED) is 0.715. The first-order chi connectivity index (χ1) is 10.9. The highest BCUT2D eigenvalue weighted by atomic mass is 19.4. The van der Waals surface area contributed by atoms with Crippen LogP contribution in [0.4, 0.5) is 19.0 Å². The summed E-state index contributed by atoms with van der Waals surface area (Å²) in [5.74, 6) is 0.222. The summed E-state index contributed by atoms with van der Waals surface area (Å²) in [6.45, 7) is 2.21. The summed E-state index contributed by atoms with van der Waals surface area (Å²) in [5, 5.41) is 17.0. The molecule has 0 aliphatic carbocycles. The molecular formula is C12H12F3N7O. The van der Waals surface area contributed by atoms with E-state index in [4.69, 9.17) is 4.52 Å². The average molecular weight is 327 g/mol. The van der Waals surface area contributed by atoms with Crippen molar-refractivity contribution in [3.63, 3.8) is 0 Å². The largest absolute Gasteiger partial charge is 0.453 e. The van der Waals surface area contributed by atoms with Crippen LogP contribution in [-0.4, -0.2) is 36.5 Å². The number of nitrogens with one attached hydrogen (secondary N) is 1. The fourth-order valence-electron chi connectivity index (χ4n) is 1.96. The number of fused-ring (bicyclic) bond motifs is 1. The van der Waals surface area contributed by atoms with Gasteiger partial charge in [-0.2, -0.15) is 22.7 Å². The molecule has 0 amide bonds. The Hall–Kier alpha value is -2.72. The molecule has 0 atom stereocenters. The molecule has 0 aliphatic heterocycles. The van der Waals surface area contributed by atoms with E-state index in [2.05, 4.69) is 30.8 Å². The molecule has 3 heterocycles. The van der Waals surface area contributed by atoms with Crippen molar-refractivity contribution in [2.45, 2.75) is 25.9 Å². The highest BCUT2D eigenvalue weighted by molar-refractivity contribution is 5.44. The van der Waals surface area contributed by atoms with Gasteiger partial charge in [-0.15, -0.1) is 15.3 Å². The maximum Gasteiger partial charge on any atom is 0.453 e. The highest BCUT2D eigenvalue weighted by Crippen LogP contribution is 2.27. The first kappa shape index (κ1) is 15.2. The lowest BCUT2D eigenvalue weighted by molar-refractivity contribution is -0.146. The Bertz CT molecular complexity index is 810. The Kier molecular flexibility index (Phi) is 3.84. The molecule has 11 heteroatoms. The summed E-state index contributed by atoms with van der Waals surface area (Å²) in [4.78, 5) is 4.06. The topological polar surface area (TPSA) is 94.0 Å². The number of aryl methyl sites for hydroxylation is 2. The van der Waals surface area contributed by atoms with Crippen LogP contribution < -0.4 is 5.32 Å². The van der Waals surface area contributed by atoms with Crippen molar-refractivity contribution in [2.75, 3.05) is 11.9 Å². The van der Waals surface area contributed by atoms with Crippen LogP contribution in [0.5, 0.6) is 0 Å². The van der Waals surface area contributed by atoms with Crippen LogP contribution in [-0.2, 0) is 12.6 Å². The molecule has 0 radical (unpaired) electrons. The van der Waals surface area contributed by atoms with Crippen molar-refractivity contribution in [1.82, 2.24) is 30.0 Å². The van der Waals surface area contributed by atoms with Crippen molar-refractivity contribution in [2.24, 2.45) is 0 Å². The highest BCUT2D eigenvalue weighted by Gasteiger charge is 2.37. The van der Waals surface area contributed by atoms with Crippen molar-refractivity contribution in [1.29, 1.82) is 0 Å². The van der Waals surface area contributed by atoms with Gasteiger partial charge in [-0.1, -0.05) is 5.16 Å². The molecule has 8 nitrogen and oxygen atoms in total. The second-order valence-corrected chi connectivity index (χ2v) is 4.78. The zero-order valence-corrected chi connectivity index (χ0v) is 12.0. The maximum absolute atomic E-state index is 12.8. The summed E-state index contributed by atoms with van der Waals surface area (Å²) < 4.78 is 44.0. The molecular weight excluding hydrogens is 315 g/mol. The molecule has 0 unspecified atom stereocenters. The molecule has 0 bridgehead atoms. The number of aromatic nitrogens is 6. The molecule has 0 saturated heterocycles. The standard InChI is InChI=1S/C12H12F3N7O/c1-7-17-10(23-21-7)3-2-6-16-8-4-5-9-18-19-11(12(13,14)15)22(9)20-8/h4-5H,2-3,6H2,1H3,(H,16,20). The number of halogens is 3.